The lowest BCUT2D eigenvalue weighted by molar-refractivity contribution is -0.138. The number of hydrogen-bond donors (Lipinski definition) is 3. The zero-order chi connectivity index (χ0) is 45.0. The monoisotopic (exact) mass is 897 g/mol. The number of morpholine rings is 1. The van der Waals surface area contributed by atoms with Gasteiger partial charge in [-0.05, 0) is 61.6 Å². The largest absolute Gasteiger partial charge is 0.513 e. The lowest BCUT2D eigenvalue weighted by Crippen LogP contribution is -2.44. The number of nitrogens with zero attached hydrogens (tertiary/aromatic N) is 5. The van der Waals surface area contributed by atoms with Crippen LogP contribution in [0.3, 0.4) is 0 Å². The molecular formula is C45H46F2N7O9P. The number of aromatic nitrogens is 3. The Morgan fingerprint density at radius 1 is 1.08 bits per heavy atom. The molecule has 16 nitrogen and oxygen atoms in total. The Kier molecular flexibility index (Phi) is 13.1. The van der Waals surface area contributed by atoms with Crippen molar-refractivity contribution < 1.29 is 51.3 Å². The molecule has 3 fully saturated rings. The van der Waals surface area contributed by atoms with Crippen molar-refractivity contribution in [1.29, 1.82) is 0 Å². The van der Waals surface area contributed by atoms with Crippen LogP contribution in [-0.2, 0) is 23.6 Å². The van der Waals surface area contributed by atoms with Gasteiger partial charge in [0.15, 0.2) is 5.82 Å². The zero-order valence-electron chi connectivity index (χ0n) is 34.9. The third-order valence-electron chi connectivity index (χ3n) is 11.2. The summed E-state index contributed by atoms with van der Waals surface area (Å²) in [6.07, 6.45) is 10.3. The zero-order valence-corrected chi connectivity index (χ0v) is 35.8. The van der Waals surface area contributed by atoms with E-state index in [9.17, 15) is 19.3 Å². The van der Waals surface area contributed by atoms with E-state index < -0.39 is 43.3 Å². The minimum absolute atomic E-state index is 0.0580. The van der Waals surface area contributed by atoms with Crippen molar-refractivity contribution in [3.63, 3.8) is 0 Å². The Morgan fingerprint density at radius 3 is 2.55 bits per heavy atom. The van der Waals surface area contributed by atoms with Crippen LogP contribution < -0.4 is 29.1 Å². The lowest BCUT2D eigenvalue weighted by atomic mass is 9.96. The minimum atomic E-state index is -4.57. The average molecular weight is 898 g/mol. The van der Waals surface area contributed by atoms with Gasteiger partial charge in [-0.3, -0.25) is 19.5 Å². The number of benzene rings is 3. The number of carbonyl (C=O) groups excluding carboxylic acids is 1. The molecule has 0 bridgehead atoms. The Balaban J connectivity index is 1.25. The first kappa shape index (κ1) is 44.4. The number of ether oxygens (including phenoxy) is 3. The van der Waals surface area contributed by atoms with Gasteiger partial charge in [-0.15, -0.1) is 6.42 Å². The van der Waals surface area contributed by atoms with Gasteiger partial charge in [-0.25, -0.2) is 13.3 Å². The van der Waals surface area contributed by atoms with E-state index in [1.165, 1.54) is 43.5 Å². The topological polar surface area (TPSA) is 187 Å². The molecule has 8 rings (SSSR count). The van der Waals surface area contributed by atoms with E-state index in [4.69, 9.17) is 34.7 Å². The first-order valence-electron chi connectivity index (χ1n) is 20.7. The Hall–Kier alpha value is -6.22. The molecule has 0 spiro atoms. The van der Waals surface area contributed by atoms with E-state index in [0.717, 1.165) is 44.6 Å². The van der Waals surface area contributed by atoms with Gasteiger partial charge in [0.1, 0.15) is 40.4 Å². The summed E-state index contributed by atoms with van der Waals surface area (Å²) in [5.41, 5.74) is -0.927. The number of anilines is 1. The average Bonchev–Trinajstić information content (AvgIpc) is 4.09. The highest BCUT2D eigenvalue weighted by Crippen LogP contribution is 2.49. The lowest BCUT2D eigenvalue weighted by Gasteiger charge is -2.30. The van der Waals surface area contributed by atoms with Crippen molar-refractivity contribution in [2.45, 2.75) is 31.8 Å². The fourth-order valence-electron chi connectivity index (χ4n) is 7.76. The molecule has 3 aliphatic rings. The predicted octanol–water partition coefficient (Wildman–Crippen LogP) is 5.73. The van der Waals surface area contributed by atoms with Gasteiger partial charge in [-0.1, -0.05) is 36.8 Å². The van der Waals surface area contributed by atoms with E-state index in [-0.39, 0.29) is 93.6 Å². The Bertz CT molecular complexity index is 2680. The van der Waals surface area contributed by atoms with Crippen molar-refractivity contribution in [1.82, 2.24) is 30.3 Å². The number of halogens is 2. The summed E-state index contributed by atoms with van der Waals surface area (Å²) in [5, 5.41) is 15.5. The number of pyridine rings is 1. The second kappa shape index (κ2) is 18.9. The van der Waals surface area contributed by atoms with Crippen molar-refractivity contribution in [2.24, 2.45) is 5.41 Å². The third-order valence-corrected chi connectivity index (χ3v) is 12.8. The van der Waals surface area contributed by atoms with Crippen molar-refractivity contribution in [3.05, 3.63) is 90.6 Å². The molecule has 1 aliphatic carbocycles. The van der Waals surface area contributed by atoms with Gasteiger partial charge in [0.2, 0.25) is 5.91 Å². The second-order valence-corrected chi connectivity index (χ2v) is 17.6. The van der Waals surface area contributed by atoms with E-state index >= 15 is 8.78 Å². The molecule has 64 heavy (non-hydrogen) atoms. The number of aliphatic carboxylic acids is 1. The summed E-state index contributed by atoms with van der Waals surface area (Å²) in [6.45, 7) is 9.79. The molecular weight excluding hydrogens is 852 g/mol. The molecule has 3 N–H and O–H groups in total. The maximum Gasteiger partial charge on any atom is 0.513 e. The normalized spacial score (nSPS) is 18.8. The van der Waals surface area contributed by atoms with Crippen LogP contribution in [0.4, 0.5) is 14.6 Å². The maximum absolute atomic E-state index is 17.7. The molecule has 5 aromatic rings. The van der Waals surface area contributed by atoms with Crippen LogP contribution in [0.15, 0.2) is 73.4 Å². The number of nitrogens with one attached hydrogen (secondary N) is 2. The minimum Gasteiger partial charge on any atom is -0.480 e. The van der Waals surface area contributed by atoms with E-state index in [1.54, 1.807) is 18.2 Å². The fourth-order valence-corrected chi connectivity index (χ4v) is 9.27. The highest BCUT2D eigenvalue weighted by molar-refractivity contribution is 7.52. The highest BCUT2D eigenvalue weighted by atomic mass is 31.2. The smallest absolute Gasteiger partial charge is 0.480 e. The van der Waals surface area contributed by atoms with Crippen LogP contribution in [0.1, 0.15) is 25.3 Å². The molecule has 1 saturated carbocycles. The number of amides is 1. The summed E-state index contributed by atoms with van der Waals surface area (Å²) in [5.74, 6) is -0.890. The number of carboxylic acids is 1. The van der Waals surface area contributed by atoms with Crippen LogP contribution in [0.2, 0.25) is 0 Å². The van der Waals surface area contributed by atoms with Gasteiger partial charge in [0.25, 0.3) is 0 Å². The molecule has 0 radical (unpaired) electrons. The molecule has 19 heteroatoms. The van der Waals surface area contributed by atoms with Gasteiger partial charge in [-0.2, -0.15) is 15.1 Å². The highest BCUT2D eigenvalue weighted by Gasteiger charge is 2.45. The predicted molar refractivity (Wildman–Crippen MR) is 233 cm³/mol. The van der Waals surface area contributed by atoms with Gasteiger partial charge in [0.05, 0.1) is 50.0 Å². The first-order valence-corrected chi connectivity index (χ1v) is 22.2. The van der Waals surface area contributed by atoms with E-state index in [1.807, 2.05) is 4.90 Å². The molecule has 334 valence electrons. The number of rotatable bonds is 16. The van der Waals surface area contributed by atoms with Crippen molar-refractivity contribution in [2.75, 3.05) is 70.7 Å². The third kappa shape index (κ3) is 9.94. The Morgan fingerprint density at radius 2 is 1.83 bits per heavy atom. The van der Waals surface area contributed by atoms with Crippen LogP contribution in [0.5, 0.6) is 17.5 Å². The van der Waals surface area contributed by atoms with E-state index in [0.29, 0.717) is 19.8 Å². The number of terminal acetylenes is 1. The van der Waals surface area contributed by atoms with Crippen LogP contribution >= 0.6 is 7.75 Å². The molecule has 3 atom stereocenters. The van der Waals surface area contributed by atoms with Crippen molar-refractivity contribution in [3.8, 4) is 41.1 Å². The van der Waals surface area contributed by atoms with Crippen LogP contribution in [0, 0.1) is 29.4 Å². The molecule has 2 saturated heterocycles. The summed E-state index contributed by atoms with van der Waals surface area (Å²) in [4.78, 5) is 42.4. The molecule has 2 aromatic heterocycles. The standard InChI is InChI=1S/C45H46F2N7O9P/c1-4-33-36(46)12-11-29-21-32(63-64(58,52-28(3)43(56)57)62-31-9-7-6-8-10-31)22-34(38(29)33)40-39(47)41-35(23-48-40)42(54-17-20-60-25-30(24-54)49-37(55)5-2)51-44(50-41)61-27-45(13-14-45)26-53-15-18-59-19-16-53/h1,5-12,21-23,28,30H,2,13-20,24-27H2,3H3,(H,49,55)(H,52,58)(H,56,57)/t28-,30-,64?/m0/s1. The molecule has 2 aliphatic heterocycles. The number of fused-ring (bicyclic) bond motifs is 2. The molecule has 1 unspecified atom stereocenters. The first-order chi connectivity index (χ1) is 30.9. The number of carbonyl (C=O) groups is 2. The van der Waals surface area contributed by atoms with Crippen molar-refractivity contribution >= 4 is 47.1 Å². The second-order valence-electron chi connectivity index (χ2n) is 15.9. The van der Waals surface area contributed by atoms with Gasteiger partial charge >= 0.3 is 19.7 Å². The van der Waals surface area contributed by atoms with Gasteiger partial charge in [0, 0.05) is 55.3 Å². The quantitative estimate of drug-likeness (QED) is 0.0619. The number of carboxylic acid groups (broad SMARTS) is 1. The fraction of sp³-hybridized carbons (Fsp3) is 0.356. The van der Waals surface area contributed by atoms with Crippen LogP contribution in [-0.4, -0.2) is 115 Å². The number of para-hydroxylation sites is 1. The number of hydrogen-bond acceptors (Lipinski definition) is 13. The summed E-state index contributed by atoms with van der Waals surface area (Å²) in [7, 11) is -4.57. The van der Waals surface area contributed by atoms with E-state index in [2.05, 4.69) is 37.8 Å². The molecule has 4 heterocycles. The summed E-state index contributed by atoms with van der Waals surface area (Å²) >= 11 is 0. The molecule has 3 aromatic carbocycles. The summed E-state index contributed by atoms with van der Waals surface area (Å²) in [6, 6.07) is 11.2. The SMILES string of the molecule is C#Cc1c(F)ccc2cc(OP(=O)(N[C@@H](C)C(=O)O)Oc3ccccc3)cc(-c3ncc4c(N5CCOC[C@@H](NC(=O)C=C)C5)nc(OCC5(CN6CCOCC6)CC5)nc4c3F)c12. The maximum atomic E-state index is 17.7. The molecule has 1 amide bonds. The summed E-state index contributed by atoms with van der Waals surface area (Å²) < 4.78 is 77.0. The van der Waals surface area contributed by atoms with Crippen LogP contribution in [0.25, 0.3) is 32.9 Å². The van der Waals surface area contributed by atoms with Gasteiger partial charge < -0.3 is 38.6 Å². The Labute approximate surface area is 367 Å².